The number of carbonyl (C=O) groups excluding carboxylic acids is 1. The van der Waals surface area contributed by atoms with E-state index < -0.39 is 6.16 Å². The van der Waals surface area contributed by atoms with Crippen molar-refractivity contribution in [2.24, 2.45) is 11.8 Å². The average Bonchev–Trinajstić information content (AvgIpc) is 2.65. The largest absolute Gasteiger partial charge is 0.513 e. The molecular weight excluding hydrogens is 354 g/mol. The van der Waals surface area contributed by atoms with Crippen molar-refractivity contribution < 1.29 is 14.3 Å². The molecule has 1 N–H and O–H groups in total. The molecule has 1 aromatic heterocycles. The van der Waals surface area contributed by atoms with Gasteiger partial charge in [0.15, 0.2) is 5.75 Å². The topological polar surface area (TPSA) is 73.3 Å². The molecule has 0 aliphatic rings. The molecule has 2 aromatic rings. The van der Waals surface area contributed by atoms with Crippen LogP contribution in [0.15, 0.2) is 36.7 Å². The maximum atomic E-state index is 11.6. The predicted octanol–water partition coefficient (Wildman–Crippen LogP) is 5.20. The number of hydrogen-bond acceptors (Lipinski definition) is 6. The van der Waals surface area contributed by atoms with E-state index in [1.807, 2.05) is 13.8 Å². The first-order chi connectivity index (χ1) is 13.3. The molecule has 6 heteroatoms. The van der Waals surface area contributed by atoms with Crippen LogP contribution in [0.2, 0.25) is 0 Å². The molecule has 0 amide bonds. The Balaban J connectivity index is 1.94. The molecule has 0 saturated heterocycles. The average molecular weight is 386 g/mol. The van der Waals surface area contributed by atoms with E-state index in [2.05, 4.69) is 60.3 Å². The highest BCUT2D eigenvalue weighted by atomic mass is 16.7. The number of benzene rings is 1. The van der Waals surface area contributed by atoms with Crippen molar-refractivity contribution in [3.63, 3.8) is 0 Å². The van der Waals surface area contributed by atoms with Crippen LogP contribution in [0.4, 0.5) is 10.7 Å². The van der Waals surface area contributed by atoms with Crippen LogP contribution in [0.3, 0.4) is 0 Å². The molecule has 0 aliphatic carbocycles. The summed E-state index contributed by atoms with van der Waals surface area (Å²) in [5.41, 5.74) is 2.64. The summed E-state index contributed by atoms with van der Waals surface area (Å²) in [5.74, 6) is 1.97. The van der Waals surface area contributed by atoms with Gasteiger partial charge in [-0.15, -0.1) is 0 Å². The van der Waals surface area contributed by atoms with Crippen molar-refractivity contribution in [3.8, 4) is 5.75 Å². The van der Waals surface area contributed by atoms with E-state index in [1.165, 1.54) is 23.5 Å². The van der Waals surface area contributed by atoms with Gasteiger partial charge in [-0.1, -0.05) is 52.0 Å². The first-order valence-corrected chi connectivity index (χ1v) is 9.81. The number of nitrogens with one attached hydrogen (secondary N) is 1. The summed E-state index contributed by atoms with van der Waals surface area (Å²) in [6.07, 6.45) is 3.27. The summed E-state index contributed by atoms with van der Waals surface area (Å²) in [6, 6.07) is 8.47. The summed E-state index contributed by atoms with van der Waals surface area (Å²) >= 11 is 0. The lowest BCUT2D eigenvalue weighted by Crippen LogP contribution is -2.17. The standard InChI is InChI=1S/C22H31N3O3/c1-15(2)10-18(20-9-7-6-8-17(20)5)11-23-21-24-12-19(13-25-21)28-22(26)27-14-16(3)4/h6-9,12-13,15-16,18H,10-11,14H2,1-5H3,(H,23,24,25). The summed E-state index contributed by atoms with van der Waals surface area (Å²) in [6.45, 7) is 11.6. The number of ether oxygens (including phenoxy) is 2. The Kier molecular flexibility index (Phi) is 8.23. The van der Waals surface area contributed by atoms with Crippen LogP contribution in [0.5, 0.6) is 5.75 Å². The number of nitrogens with zero attached hydrogens (tertiary/aromatic N) is 2. The Labute approximate surface area is 167 Å². The maximum absolute atomic E-state index is 11.6. The van der Waals surface area contributed by atoms with Crippen LogP contribution >= 0.6 is 0 Å². The zero-order valence-corrected chi connectivity index (χ0v) is 17.4. The van der Waals surface area contributed by atoms with Gasteiger partial charge in [-0.2, -0.15) is 0 Å². The van der Waals surface area contributed by atoms with Gasteiger partial charge in [0.25, 0.3) is 0 Å². The quantitative estimate of drug-likeness (QED) is 0.598. The van der Waals surface area contributed by atoms with E-state index in [0.717, 1.165) is 13.0 Å². The molecule has 1 unspecified atom stereocenters. The van der Waals surface area contributed by atoms with E-state index in [-0.39, 0.29) is 11.7 Å². The van der Waals surface area contributed by atoms with Crippen LogP contribution in [-0.4, -0.2) is 29.3 Å². The maximum Gasteiger partial charge on any atom is 0.513 e. The van der Waals surface area contributed by atoms with Crippen molar-refractivity contribution in [2.45, 2.75) is 47.0 Å². The highest BCUT2D eigenvalue weighted by molar-refractivity contribution is 5.63. The van der Waals surface area contributed by atoms with Gasteiger partial charge in [0.2, 0.25) is 5.95 Å². The van der Waals surface area contributed by atoms with Crippen LogP contribution in [0, 0.1) is 18.8 Å². The Morgan fingerprint density at radius 1 is 1.07 bits per heavy atom. The monoisotopic (exact) mass is 385 g/mol. The predicted molar refractivity (Wildman–Crippen MR) is 111 cm³/mol. The van der Waals surface area contributed by atoms with Gasteiger partial charge in [0.1, 0.15) is 0 Å². The smallest absolute Gasteiger partial charge is 0.434 e. The summed E-state index contributed by atoms with van der Waals surface area (Å²) in [4.78, 5) is 20.1. The van der Waals surface area contributed by atoms with Gasteiger partial charge in [0.05, 0.1) is 19.0 Å². The lowest BCUT2D eigenvalue weighted by molar-refractivity contribution is 0.0883. The third kappa shape index (κ3) is 7.18. The normalized spacial score (nSPS) is 12.1. The van der Waals surface area contributed by atoms with Gasteiger partial charge < -0.3 is 14.8 Å². The number of carbonyl (C=O) groups is 1. The van der Waals surface area contributed by atoms with Crippen molar-refractivity contribution in [1.82, 2.24) is 9.97 Å². The van der Waals surface area contributed by atoms with Gasteiger partial charge in [-0.05, 0) is 36.3 Å². The minimum atomic E-state index is -0.741. The van der Waals surface area contributed by atoms with Crippen molar-refractivity contribution in [3.05, 3.63) is 47.8 Å². The van der Waals surface area contributed by atoms with Crippen molar-refractivity contribution in [1.29, 1.82) is 0 Å². The molecule has 1 atom stereocenters. The molecule has 28 heavy (non-hydrogen) atoms. The first-order valence-electron chi connectivity index (χ1n) is 9.81. The molecule has 6 nitrogen and oxygen atoms in total. The molecule has 0 saturated carbocycles. The fourth-order valence-electron chi connectivity index (χ4n) is 2.97. The number of anilines is 1. The van der Waals surface area contributed by atoms with Crippen LogP contribution in [0.25, 0.3) is 0 Å². The second-order valence-electron chi connectivity index (χ2n) is 7.86. The fourth-order valence-corrected chi connectivity index (χ4v) is 2.97. The highest BCUT2D eigenvalue weighted by Gasteiger charge is 2.16. The zero-order chi connectivity index (χ0) is 20.5. The molecule has 1 heterocycles. The third-order valence-electron chi connectivity index (χ3n) is 4.25. The van der Waals surface area contributed by atoms with Crippen LogP contribution < -0.4 is 10.1 Å². The first kappa shape index (κ1) is 21.7. The minimum absolute atomic E-state index is 0.252. The van der Waals surface area contributed by atoms with E-state index in [9.17, 15) is 4.79 Å². The Bertz CT molecular complexity index is 745. The minimum Gasteiger partial charge on any atom is -0.434 e. The fraction of sp³-hybridized carbons (Fsp3) is 0.500. The summed E-state index contributed by atoms with van der Waals surface area (Å²) in [5, 5.41) is 3.30. The van der Waals surface area contributed by atoms with E-state index in [1.54, 1.807) is 0 Å². The zero-order valence-electron chi connectivity index (χ0n) is 17.4. The van der Waals surface area contributed by atoms with Crippen LogP contribution in [0.1, 0.15) is 51.2 Å². The SMILES string of the molecule is Cc1ccccc1C(CNc1ncc(OC(=O)OCC(C)C)cn1)CC(C)C. The highest BCUT2D eigenvalue weighted by Crippen LogP contribution is 2.26. The lowest BCUT2D eigenvalue weighted by Gasteiger charge is -2.22. The Hall–Kier alpha value is -2.63. The Morgan fingerprint density at radius 2 is 1.75 bits per heavy atom. The summed E-state index contributed by atoms with van der Waals surface area (Å²) in [7, 11) is 0. The molecule has 0 bridgehead atoms. The molecular formula is C22H31N3O3. The van der Waals surface area contributed by atoms with E-state index in [0.29, 0.717) is 24.4 Å². The van der Waals surface area contributed by atoms with Crippen LogP contribution in [-0.2, 0) is 4.74 Å². The van der Waals surface area contributed by atoms with Crippen molar-refractivity contribution in [2.75, 3.05) is 18.5 Å². The number of hydrogen-bond donors (Lipinski definition) is 1. The second kappa shape index (κ2) is 10.6. The molecule has 0 fully saturated rings. The van der Waals surface area contributed by atoms with E-state index >= 15 is 0 Å². The third-order valence-corrected chi connectivity index (χ3v) is 4.25. The number of rotatable bonds is 9. The van der Waals surface area contributed by atoms with Gasteiger partial charge >= 0.3 is 6.16 Å². The van der Waals surface area contributed by atoms with Gasteiger partial charge in [-0.25, -0.2) is 14.8 Å². The Morgan fingerprint density at radius 3 is 2.36 bits per heavy atom. The molecule has 0 radical (unpaired) electrons. The van der Waals surface area contributed by atoms with E-state index in [4.69, 9.17) is 9.47 Å². The molecule has 0 aliphatic heterocycles. The molecule has 1 aromatic carbocycles. The molecule has 152 valence electrons. The number of aryl methyl sites for hydroxylation is 1. The molecule has 2 rings (SSSR count). The lowest BCUT2D eigenvalue weighted by atomic mass is 9.88. The van der Waals surface area contributed by atoms with Gasteiger partial charge in [0, 0.05) is 12.5 Å². The van der Waals surface area contributed by atoms with Crippen molar-refractivity contribution >= 4 is 12.1 Å². The van der Waals surface area contributed by atoms with Gasteiger partial charge in [-0.3, -0.25) is 0 Å². The summed E-state index contributed by atoms with van der Waals surface area (Å²) < 4.78 is 10.1. The number of aromatic nitrogens is 2. The second-order valence-corrected chi connectivity index (χ2v) is 7.86. The molecule has 0 spiro atoms.